The van der Waals surface area contributed by atoms with Crippen molar-refractivity contribution in [3.63, 3.8) is 0 Å². The van der Waals surface area contributed by atoms with Gasteiger partial charge in [0.2, 0.25) is 0 Å². The summed E-state index contributed by atoms with van der Waals surface area (Å²) in [5, 5.41) is 5.05. The number of rotatable bonds is 1. The Balaban J connectivity index is 2.59. The minimum Gasteiger partial charge on any atom is -0.396 e. The molecule has 0 saturated carbocycles. The van der Waals surface area contributed by atoms with Gasteiger partial charge in [-0.05, 0) is 31.5 Å². The van der Waals surface area contributed by atoms with Crippen molar-refractivity contribution in [3.05, 3.63) is 40.7 Å². The quantitative estimate of drug-likeness (QED) is 0.805. The lowest BCUT2D eigenvalue weighted by atomic mass is 10.2. The standard InChI is InChI=1S/C11H12ClN3/c1-7-9(12)4-3-5-11(7)15-6-10(13)8(2)14-15/h3-6H,13H2,1-2H3. The fourth-order valence-electron chi connectivity index (χ4n) is 1.44. The summed E-state index contributed by atoms with van der Waals surface area (Å²) in [7, 11) is 0. The molecule has 0 aliphatic rings. The van der Waals surface area contributed by atoms with Crippen LogP contribution in [0.4, 0.5) is 5.69 Å². The van der Waals surface area contributed by atoms with Crippen LogP contribution in [0, 0.1) is 13.8 Å². The maximum absolute atomic E-state index is 6.04. The predicted octanol–water partition coefficient (Wildman–Crippen LogP) is 2.72. The first-order chi connectivity index (χ1) is 7.09. The monoisotopic (exact) mass is 221 g/mol. The number of benzene rings is 1. The molecule has 0 amide bonds. The molecule has 1 aromatic heterocycles. The Morgan fingerprint density at radius 2 is 2.07 bits per heavy atom. The van der Waals surface area contributed by atoms with Gasteiger partial charge in [0.1, 0.15) is 0 Å². The summed E-state index contributed by atoms with van der Waals surface area (Å²) < 4.78 is 1.76. The normalized spacial score (nSPS) is 10.6. The number of halogens is 1. The van der Waals surface area contributed by atoms with Crippen LogP contribution in [0.5, 0.6) is 0 Å². The molecule has 15 heavy (non-hydrogen) atoms. The van der Waals surface area contributed by atoms with Crippen molar-refractivity contribution >= 4 is 17.3 Å². The molecule has 0 fully saturated rings. The van der Waals surface area contributed by atoms with Gasteiger partial charge in [-0.1, -0.05) is 17.7 Å². The molecule has 1 aromatic carbocycles. The first-order valence-electron chi connectivity index (χ1n) is 4.67. The van der Waals surface area contributed by atoms with E-state index in [-0.39, 0.29) is 0 Å². The highest BCUT2D eigenvalue weighted by molar-refractivity contribution is 6.31. The highest BCUT2D eigenvalue weighted by Gasteiger charge is 2.07. The summed E-state index contributed by atoms with van der Waals surface area (Å²) in [4.78, 5) is 0. The van der Waals surface area contributed by atoms with Crippen molar-refractivity contribution in [1.82, 2.24) is 9.78 Å². The summed E-state index contributed by atoms with van der Waals surface area (Å²) in [6, 6.07) is 5.73. The van der Waals surface area contributed by atoms with E-state index in [4.69, 9.17) is 17.3 Å². The average Bonchev–Trinajstić information content (AvgIpc) is 2.51. The van der Waals surface area contributed by atoms with E-state index in [0.29, 0.717) is 5.69 Å². The number of nitrogens with zero attached hydrogens (tertiary/aromatic N) is 2. The van der Waals surface area contributed by atoms with Gasteiger partial charge in [0.05, 0.1) is 23.3 Å². The summed E-state index contributed by atoms with van der Waals surface area (Å²) in [5.41, 5.74) is 9.23. The third kappa shape index (κ3) is 1.70. The molecule has 2 N–H and O–H groups in total. The lowest BCUT2D eigenvalue weighted by Gasteiger charge is -2.06. The Morgan fingerprint density at radius 1 is 1.33 bits per heavy atom. The number of nitrogens with two attached hydrogens (primary N) is 1. The van der Waals surface area contributed by atoms with Gasteiger partial charge in [-0.2, -0.15) is 5.10 Å². The van der Waals surface area contributed by atoms with Crippen LogP contribution >= 0.6 is 11.6 Å². The molecule has 0 saturated heterocycles. The maximum atomic E-state index is 6.04. The largest absolute Gasteiger partial charge is 0.396 e. The van der Waals surface area contributed by atoms with Crippen LogP contribution in [0.1, 0.15) is 11.3 Å². The third-order valence-corrected chi connectivity index (χ3v) is 2.83. The van der Waals surface area contributed by atoms with Crippen molar-refractivity contribution in [2.75, 3.05) is 5.73 Å². The zero-order valence-corrected chi connectivity index (χ0v) is 9.42. The number of nitrogen functional groups attached to an aromatic ring is 1. The Kier molecular flexibility index (Phi) is 2.40. The molecule has 0 spiro atoms. The smallest absolute Gasteiger partial charge is 0.0827 e. The van der Waals surface area contributed by atoms with Crippen LogP contribution in [0.25, 0.3) is 5.69 Å². The van der Waals surface area contributed by atoms with E-state index in [2.05, 4.69) is 5.10 Å². The van der Waals surface area contributed by atoms with Gasteiger partial charge in [-0.15, -0.1) is 0 Å². The van der Waals surface area contributed by atoms with Crippen molar-refractivity contribution in [1.29, 1.82) is 0 Å². The molecule has 78 valence electrons. The molecular weight excluding hydrogens is 210 g/mol. The van der Waals surface area contributed by atoms with Crippen LogP contribution < -0.4 is 5.73 Å². The Morgan fingerprint density at radius 3 is 2.67 bits per heavy atom. The van der Waals surface area contributed by atoms with Crippen LogP contribution in [0.2, 0.25) is 5.02 Å². The van der Waals surface area contributed by atoms with Crippen LogP contribution in [-0.4, -0.2) is 9.78 Å². The SMILES string of the molecule is Cc1nn(-c2cccc(Cl)c2C)cc1N. The second kappa shape index (κ2) is 3.59. The topological polar surface area (TPSA) is 43.8 Å². The molecule has 0 radical (unpaired) electrons. The molecule has 3 nitrogen and oxygen atoms in total. The number of hydrogen-bond donors (Lipinski definition) is 1. The fraction of sp³-hybridized carbons (Fsp3) is 0.182. The minimum absolute atomic E-state index is 0.689. The van der Waals surface area contributed by atoms with Gasteiger partial charge in [-0.25, -0.2) is 4.68 Å². The molecule has 0 aliphatic heterocycles. The highest BCUT2D eigenvalue weighted by atomic mass is 35.5. The first-order valence-corrected chi connectivity index (χ1v) is 5.04. The van der Waals surface area contributed by atoms with E-state index in [1.807, 2.05) is 32.0 Å². The summed E-state index contributed by atoms with van der Waals surface area (Å²) in [6.07, 6.45) is 1.80. The molecule has 0 atom stereocenters. The van der Waals surface area contributed by atoms with E-state index in [1.54, 1.807) is 10.9 Å². The lowest BCUT2D eigenvalue weighted by Crippen LogP contribution is -1.98. The zero-order chi connectivity index (χ0) is 11.0. The predicted molar refractivity (Wildman–Crippen MR) is 62.5 cm³/mol. The summed E-state index contributed by atoms with van der Waals surface area (Å²) in [5.74, 6) is 0. The lowest BCUT2D eigenvalue weighted by molar-refractivity contribution is 0.856. The molecule has 0 aliphatic carbocycles. The third-order valence-electron chi connectivity index (χ3n) is 2.42. The Hall–Kier alpha value is -1.48. The Labute approximate surface area is 93.5 Å². The van der Waals surface area contributed by atoms with Gasteiger partial charge in [-0.3, -0.25) is 0 Å². The van der Waals surface area contributed by atoms with E-state index in [9.17, 15) is 0 Å². The molecular formula is C11H12ClN3. The van der Waals surface area contributed by atoms with E-state index in [0.717, 1.165) is 22.0 Å². The zero-order valence-electron chi connectivity index (χ0n) is 8.66. The fourth-order valence-corrected chi connectivity index (χ4v) is 1.61. The van der Waals surface area contributed by atoms with Gasteiger partial charge >= 0.3 is 0 Å². The summed E-state index contributed by atoms with van der Waals surface area (Å²) in [6.45, 7) is 3.84. The number of hydrogen-bond acceptors (Lipinski definition) is 2. The molecule has 0 unspecified atom stereocenters. The number of aromatic nitrogens is 2. The van der Waals surface area contributed by atoms with Crippen molar-refractivity contribution in [2.24, 2.45) is 0 Å². The van der Waals surface area contributed by atoms with Crippen molar-refractivity contribution in [2.45, 2.75) is 13.8 Å². The molecule has 1 heterocycles. The van der Waals surface area contributed by atoms with Gasteiger partial charge in [0.15, 0.2) is 0 Å². The second-order valence-electron chi connectivity index (χ2n) is 3.50. The number of anilines is 1. The highest BCUT2D eigenvalue weighted by Crippen LogP contribution is 2.22. The van der Waals surface area contributed by atoms with E-state index >= 15 is 0 Å². The first kappa shape index (κ1) is 10.1. The van der Waals surface area contributed by atoms with Gasteiger partial charge < -0.3 is 5.73 Å². The summed E-state index contributed by atoms with van der Waals surface area (Å²) >= 11 is 6.04. The maximum Gasteiger partial charge on any atom is 0.0827 e. The number of aryl methyl sites for hydroxylation is 1. The van der Waals surface area contributed by atoms with Crippen LogP contribution in [-0.2, 0) is 0 Å². The molecule has 4 heteroatoms. The molecule has 2 aromatic rings. The van der Waals surface area contributed by atoms with E-state index in [1.165, 1.54) is 0 Å². The van der Waals surface area contributed by atoms with Crippen LogP contribution in [0.15, 0.2) is 24.4 Å². The molecule has 2 rings (SSSR count). The second-order valence-corrected chi connectivity index (χ2v) is 3.91. The average molecular weight is 222 g/mol. The Bertz CT molecular complexity index is 483. The van der Waals surface area contributed by atoms with E-state index < -0.39 is 0 Å². The van der Waals surface area contributed by atoms with Crippen molar-refractivity contribution in [3.8, 4) is 5.69 Å². The van der Waals surface area contributed by atoms with Crippen LogP contribution in [0.3, 0.4) is 0 Å². The van der Waals surface area contributed by atoms with Gasteiger partial charge in [0.25, 0.3) is 0 Å². The van der Waals surface area contributed by atoms with Gasteiger partial charge in [0, 0.05) is 5.02 Å². The van der Waals surface area contributed by atoms with Crippen molar-refractivity contribution < 1.29 is 0 Å². The molecule has 0 bridgehead atoms. The minimum atomic E-state index is 0.689.